The summed E-state index contributed by atoms with van der Waals surface area (Å²) in [6.07, 6.45) is -3.17. The van der Waals surface area contributed by atoms with Crippen molar-refractivity contribution < 1.29 is 20.4 Å². The van der Waals surface area contributed by atoms with Crippen molar-refractivity contribution in [3.8, 4) is 0 Å². The van der Waals surface area contributed by atoms with Gasteiger partial charge in [0, 0.05) is 12.6 Å². The van der Waals surface area contributed by atoms with Gasteiger partial charge in [-0.2, -0.15) is 0 Å². The lowest BCUT2D eigenvalue weighted by molar-refractivity contribution is -0.137. The molecule has 5 atom stereocenters. The molecule has 0 spiro atoms. The molecule has 104 valence electrons. The van der Waals surface area contributed by atoms with E-state index in [1.54, 1.807) is 27.7 Å². The summed E-state index contributed by atoms with van der Waals surface area (Å²) in [5, 5.41) is 38.2. The minimum atomic E-state index is -0.796. The Morgan fingerprint density at radius 2 is 1.06 bits per heavy atom. The van der Waals surface area contributed by atoms with Gasteiger partial charge >= 0.3 is 0 Å². The van der Waals surface area contributed by atoms with E-state index < -0.39 is 24.9 Å². The smallest absolute Gasteiger partial charge is 0.106 e. The van der Waals surface area contributed by atoms with Crippen LogP contribution in [0, 0.1) is 0 Å². The van der Waals surface area contributed by atoms with Crippen molar-refractivity contribution in [1.82, 2.24) is 9.80 Å². The first-order valence-corrected chi connectivity index (χ1v) is 5.94. The molecule has 0 aromatic rings. The average Bonchev–Trinajstić information content (AvgIpc) is 2.11. The van der Waals surface area contributed by atoms with E-state index in [4.69, 9.17) is 0 Å². The lowest BCUT2D eigenvalue weighted by Crippen LogP contribution is -2.53. The molecule has 0 saturated heterocycles. The third-order valence-corrected chi connectivity index (χ3v) is 2.81. The molecule has 0 bridgehead atoms. The molecular formula is C11H26N2O4. The van der Waals surface area contributed by atoms with E-state index in [9.17, 15) is 20.4 Å². The van der Waals surface area contributed by atoms with Crippen LogP contribution in [0.5, 0.6) is 0 Å². The second kappa shape index (κ2) is 7.25. The topological polar surface area (TPSA) is 87.4 Å². The van der Waals surface area contributed by atoms with E-state index in [-0.39, 0.29) is 6.04 Å². The zero-order valence-corrected chi connectivity index (χ0v) is 11.3. The van der Waals surface area contributed by atoms with Crippen molar-refractivity contribution in [2.24, 2.45) is 0 Å². The van der Waals surface area contributed by atoms with Crippen LogP contribution in [-0.2, 0) is 0 Å². The molecule has 17 heavy (non-hydrogen) atoms. The van der Waals surface area contributed by atoms with E-state index in [0.29, 0.717) is 6.54 Å². The van der Waals surface area contributed by atoms with Crippen molar-refractivity contribution in [3.63, 3.8) is 0 Å². The molecule has 0 aliphatic heterocycles. The quantitative estimate of drug-likeness (QED) is 0.448. The monoisotopic (exact) mass is 250 g/mol. The van der Waals surface area contributed by atoms with Crippen molar-refractivity contribution in [3.05, 3.63) is 0 Å². The van der Waals surface area contributed by atoms with Gasteiger partial charge in [0.05, 0.1) is 0 Å². The fourth-order valence-corrected chi connectivity index (χ4v) is 2.07. The molecule has 6 heteroatoms. The Bertz CT molecular complexity index is 194. The molecule has 0 aliphatic carbocycles. The highest BCUT2D eigenvalue weighted by molar-refractivity contribution is 4.74. The van der Waals surface area contributed by atoms with Gasteiger partial charge in [-0.05, 0) is 34.6 Å². The summed E-state index contributed by atoms with van der Waals surface area (Å²) in [6, 6.07) is -0.209. The molecular weight excluding hydrogens is 224 g/mol. The Balaban J connectivity index is 4.62. The lowest BCUT2D eigenvalue weighted by Gasteiger charge is -2.38. The van der Waals surface area contributed by atoms with Crippen LogP contribution < -0.4 is 0 Å². The van der Waals surface area contributed by atoms with Gasteiger partial charge in [-0.15, -0.1) is 0 Å². The SMILES string of the molecule is CC(O)N(CC(C)N(C(C)O)C(C)O)C(C)O. The van der Waals surface area contributed by atoms with Crippen LogP contribution in [0.2, 0.25) is 0 Å². The molecule has 0 rings (SSSR count). The second-order valence-corrected chi connectivity index (χ2v) is 4.52. The predicted molar refractivity (Wildman–Crippen MR) is 64.7 cm³/mol. The van der Waals surface area contributed by atoms with E-state index in [0.717, 1.165) is 0 Å². The minimum absolute atomic E-state index is 0.209. The highest BCUT2D eigenvalue weighted by Gasteiger charge is 2.27. The molecule has 4 N–H and O–H groups in total. The van der Waals surface area contributed by atoms with Gasteiger partial charge in [-0.1, -0.05) is 0 Å². The molecule has 0 saturated carbocycles. The summed E-state index contributed by atoms with van der Waals surface area (Å²) in [7, 11) is 0. The molecule has 5 unspecified atom stereocenters. The molecule has 0 radical (unpaired) electrons. The third-order valence-electron chi connectivity index (χ3n) is 2.81. The van der Waals surface area contributed by atoms with E-state index in [2.05, 4.69) is 0 Å². The maximum Gasteiger partial charge on any atom is 0.106 e. The van der Waals surface area contributed by atoms with Crippen molar-refractivity contribution in [2.45, 2.75) is 65.6 Å². The Morgan fingerprint density at radius 3 is 1.29 bits per heavy atom. The minimum Gasteiger partial charge on any atom is -0.379 e. The zero-order chi connectivity index (χ0) is 13.7. The van der Waals surface area contributed by atoms with Gasteiger partial charge in [0.2, 0.25) is 0 Å². The third kappa shape index (κ3) is 5.29. The summed E-state index contributed by atoms with van der Waals surface area (Å²) < 4.78 is 0. The Kier molecular flexibility index (Phi) is 7.15. The first-order valence-electron chi connectivity index (χ1n) is 5.94. The first-order chi connectivity index (χ1) is 7.68. The summed E-state index contributed by atoms with van der Waals surface area (Å²) in [4.78, 5) is 2.97. The van der Waals surface area contributed by atoms with Crippen LogP contribution in [0.25, 0.3) is 0 Å². The summed E-state index contributed by atoms with van der Waals surface area (Å²) in [5.41, 5.74) is 0. The van der Waals surface area contributed by atoms with Crippen LogP contribution in [-0.4, -0.2) is 67.7 Å². The fourth-order valence-electron chi connectivity index (χ4n) is 2.07. The van der Waals surface area contributed by atoms with Gasteiger partial charge in [0.25, 0.3) is 0 Å². The Labute approximate surface area is 103 Å². The number of nitrogens with zero attached hydrogens (tertiary/aromatic N) is 2. The highest BCUT2D eigenvalue weighted by Crippen LogP contribution is 2.12. The van der Waals surface area contributed by atoms with E-state index >= 15 is 0 Å². The first kappa shape index (κ1) is 16.8. The van der Waals surface area contributed by atoms with Crippen LogP contribution >= 0.6 is 0 Å². The van der Waals surface area contributed by atoms with Crippen LogP contribution in [0.4, 0.5) is 0 Å². The fraction of sp³-hybridized carbons (Fsp3) is 1.00. The summed E-state index contributed by atoms with van der Waals surface area (Å²) in [5.74, 6) is 0. The average molecular weight is 250 g/mol. The standard InChI is InChI=1S/C11H26N2O4/c1-7(13(10(4)16)11(5)17)6-12(8(2)14)9(3)15/h7-11,14-17H,6H2,1-5H3. The van der Waals surface area contributed by atoms with Crippen LogP contribution in [0.3, 0.4) is 0 Å². The van der Waals surface area contributed by atoms with Crippen LogP contribution in [0.15, 0.2) is 0 Å². The lowest BCUT2D eigenvalue weighted by atomic mass is 10.2. The van der Waals surface area contributed by atoms with Gasteiger partial charge in [0.15, 0.2) is 0 Å². The molecule has 0 aromatic heterocycles. The predicted octanol–water partition coefficient (Wildman–Crippen LogP) is -0.668. The maximum absolute atomic E-state index is 9.57. The van der Waals surface area contributed by atoms with Gasteiger partial charge in [-0.3, -0.25) is 4.90 Å². The number of aliphatic hydroxyl groups excluding tert-OH is 4. The van der Waals surface area contributed by atoms with Gasteiger partial charge in [-0.25, -0.2) is 4.90 Å². The zero-order valence-electron chi connectivity index (χ0n) is 11.3. The molecule has 0 aromatic carbocycles. The maximum atomic E-state index is 9.57. The highest BCUT2D eigenvalue weighted by atomic mass is 16.3. The molecule has 0 heterocycles. The number of hydrogen-bond acceptors (Lipinski definition) is 6. The van der Waals surface area contributed by atoms with Crippen molar-refractivity contribution in [2.75, 3.05) is 6.54 Å². The largest absolute Gasteiger partial charge is 0.379 e. The number of rotatable bonds is 7. The summed E-state index contributed by atoms with van der Waals surface area (Å²) in [6.45, 7) is 8.42. The van der Waals surface area contributed by atoms with E-state index in [1.807, 2.05) is 6.92 Å². The van der Waals surface area contributed by atoms with E-state index in [1.165, 1.54) is 9.80 Å². The van der Waals surface area contributed by atoms with Crippen molar-refractivity contribution in [1.29, 1.82) is 0 Å². The molecule has 0 fully saturated rings. The second-order valence-electron chi connectivity index (χ2n) is 4.52. The molecule has 6 nitrogen and oxygen atoms in total. The Morgan fingerprint density at radius 1 is 0.706 bits per heavy atom. The molecule has 0 amide bonds. The number of hydrogen-bond donors (Lipinski definition) is 4. The van der Waals surface area contributed by atoms with Crippen LogP contribution in [0.1, 0.15) is 34.6 Å². The normalized spacial score (nSPS) is 21.4. The van der Waals surface area contributed by atoms with Crippen molar-refractivity contribution >= 4 is 0 Å². The van der Waals surface area contributed by atoms with Gasteiger partial charge < -0.3 is 20.4 Å². The molecule has 0 aliphatic rings. The Hall–Kier alpha value is -0.240. The summed E-state index contributed by atoms with van der Waals surface area (Å²) >= 11 is 0. The number of aliphatic hydroxyl groups is 4. The van der Waals surface area contributed by atoms with Gasteiger partial charge in [0.1, 0.15) is 24.9 Å².